The predicted octanol–water partition coefficient (Wildman–Crippen LogP) is -1.08. The number of carbonyl (C=O) groups is 2. The number of ether oxygens (including phenoxy) is 2. The molecule has 0 amide bonds. The normalized spacial score (nSPS) is 10.8. The van der Waals surface area contributed by atoms with Crippen LogP contribution < -0.4 is 4.72 Å². The van der Waals surface area contributed by atoms with Crippen LogP contribution in [-0.4, -0.2) is 45.4 Å². The first-order valence-corrected chi connectivity index (χ1v) is 6.73. The highest BCUT2D eigenvalue weighted by Crippen LogP contribution is 1.98. The van der Waals surface area contributed by atoms with Gasteiger partial charge in [0.25, 0.3) is 0 Å². The summed E-state index contributed by atoms with van der Waals surface area (Å²) < 4.78 is 33.5. The highest BCUT2D eigenvalue weighted by molar-refractivity contribution is 7.89. The van der Waals surface area contributed by atoms with Gasteiger partial charge in [-0.15, -0.1) is 0 Å². The highest BCUT2D eigenvalue weighted by Gasteiger charge is 2.33. The van der Waals surface area contributed by atoms with Crippen molar-refractivity contribution in [1.29, 1.82) is 5.26 Å². The average molecular weight is 278 g/mol. The maximum atomic E-state index is 11.4. The molecule has 9 heteroatoms. The standard InChI is InChI=1S/C9H14N2O6S/c1-3-16-8(12)7(9(13)17-4-2)11-18(14,15)6-5-10/h7,11H,3-4,6H2,1-2H3. The van der Waals surface area contributed by atoms with Crippen molar-refractivity contribution in [2.75, 3.05) is 19.0 Å². The number of esters is 2. The lowest BCUT2D eigenvalue weighted by Gasteiger charge is -2.14. The van der Waals surface area contributed by atoms with Gasteiger partial charge < -0.3 is 9.47 Å². The van der Waals surface area contributed by atoms with E-state index in [-0.39, 0.29) is 13.2 Å². The molecular formula is C9H14N2O6S. The predicted molar refractivity (Wildman–Crippen MR) is 59.6 cm³/mol. The molecule has 18 heavy (non-hydrogen) atoms. The van der Waals surface area contributed by atoms with Crippen LogP contribution in [0.25, 0.3) is 0 Å². The van der Waals surface area contributed by atoms with E-state index in [0.29, 0.717) is 0 Å². The first kappa shape index (κ1) is 16.3. The van der Waals surface area contributed by atoms with Gasteiger partial charge in [-0.1, -0.05) is 0 Å². The fraction of sp³-hybridized carbons (Fsp3) is 0.667. The number of nitrogens with zero attached hydrogens (tertiary/aromatic N) is 1. The van der Waals surface area contributed by atoms with Crippen LogP contribution in [0.5, 0.6) is 0 Å². The number of hydrogen-bond donors (Lipinski definition) is 1. The molecule has 102 valence electrons. The van der Waals surface area contributed by atoms with Crippen molar-refractivity contribution < 1.29 is 27.5 Å². The Morgan fingerprint density at radius 1 is 1.22 bits per heavy atom. The average Bonchev–Trinajstić information content (AvgIpc) is 2.26. The number of nitriles is 1. The Morgan fingerprint density at radius 2 is 1.67 bits per heavy atom. The van der Waals surface area contributed by atoms with Crippen molar-refractivity contribution >= 4 is 22.0 Å². The zero-order valence-electron chi connectivity index (χ0n) is 10.0. The number of sulfonamides is 1. The van der Waals surface area contributed by atoms with E-state index in [1.165, 1.54) is 19.9 Å². The van der Waals surface area contributed by atoms with E-state index in [1.807, 2.05) is 0 Å². The van der Waals surface area contributed by atoms with Gasteiger partial charge in [0.15, 0.2) is 5.75 Å². The quantitative estimate of drug-likeness (QED) is 0.464. The molecule has 0 fully saturated rings. The van der Waals surface area contributed by atoms with Crippen LogP contribution in [0.4, 0.5) is 0 Å². The second-order valence-corrected chi connectivity index (χ2v) is 4.73. The summed E-state index contributed by atoms with van der Waals surface area (Å²) in [6.45, 7) is 2.97. The van der Waals surface area contributed by atoms with E-state index in [0.717, 1.165) is 0 Å². The van der Waals surface area contributed by atoms with Gasteiger partial charge in [-0.3, -0.25) is 0 Å². The molecule has 0 aromatic carbocycles. The third-order valence-electron chi connectivity index (χ3n) is 1.60. The van der Waals surface area contributed by atoms with E-state index in [1.54, 1.807) is 4.72 Å². The number of carbonyl (C=O) groups excluding carboxylic acids is 2. The first-order chi connectivity index (χ1) is 8.37. The Bertz CT molecular complexity index is 420. The third-order valence-corrected chi connectivity index (χ3v) is 2.70. The van der Waals surface area contributed by atoms with Crippen molar-refractivity contribution in [2.24, 2.45) is 0 Å². The number of rotatable bonds is 7. The van der Waals surface area contributed by atoms with E-state index in [9.17, 15) is 18.0 Å². The summed E-state index contributed by atoms with van der Waals surface area (Å²) in [4.78, 5) is 22.8. The van der Waals surface area contributed by atoms with Crippen LogP contribution in [0.15, 0.2) is 0 Å². The molecule has 1 N–H and O–H groups in total. The second kappa shape index (κ2) is 7.62. The highest BCUT2D eigenvalue weighted by atomic mass is 32.2. The minimum atomic E-state index is -4.07. The Morgan fingerprint density at radius 3 is 2.00 bits per heavy atom. The summed E-state index contributed by atoms with van der Waals surface area (Å²) >= 11 is 0. The van der Waals surface area contributed by atoms with Crippen LogP contribution >= 0.6 is 0 Å². The fourth-order valence-electron chi connectivity index (χ4n) is 0.950. The van der Waals surface area contributed by atoms with E-state index in [4.69, 9.17) is 5.26 Å². The summed E-state index contributed by atoms with van der Waals surface area (Å²) in [5.74, 6) is -3.02. The molecule has 0 bridgehead atoms. The van der Waals surface area contributed by atoms with Gasteiger partial charge in [-0.05, 0) is 13.8 Å². The van der Waals surface area contributed by atoms with Crippen molar-refractivity contribution in [3.8, 4) is 6.07 Å². The van der Waals surface area contributed by atoms with E-state index >= 15 is 0 Å². The maximum absolute atomic E-state index is 11.4. The topological polar surface area (TPSA) is 123 Å². The Hall–Kier alpha value is -1.66. The van der Waals surface area contributed by atoms with Crippen LogP contribution in [0.1, 0.15) is 13.8 Å². The molecular weight excluding hydrogens is 264 g/mol. The zero-order valence-corrected chi connectivity index (χ0v) is 10.8. The Labute approximate surface area is 105 Å². The van der Waals surface area contributed by atoms with Gasteiger partial charge in [0.05, 0.1) is 19.3 Å². The molecule has 0 atom stereocenters. The molecule has 0 aliphatic heterocycles. The van der Waals surface area contributed by atoms with Crippen LogP contribution in [-0.2, 0) is 29.1 Å². The van der Waals surface area contributed by atoms with Gasteiger partial charge in [0.1, 0.15) is 0 Å². The number of hydrogen-bond acceptors (Lipinski definition) is 7. The molecule has 0 rings (SSSR count). The lowest BCUT2D eigenvalue weighted by atomic mass is 10.3. The Kier molecular flexibility index (Phi) is 6.92. The molecule has 0 aliphatic rings. The lowest BCUT2D eigenvalue weighted by Crippen LogP contribution is -2.48. The minimum absolute atomic E-state index is 0.0191. The largest absolute Gasteiger partial charge is 0.464 e. The van der Waals surface area contributed by atoms with Gasteiger partial charge in [0, 0.05) is 0 Å². The van der Waals surface area contributed by atoms with E-state index < -0.39 is 33.8 Å². The summed E-state index contributed by atoms with van der Waals surface area (Å²) in [5, 5.41) is 8.30. The zero-order chi connectivity index (χ0) is 14.2. The van der Waals surface area contributed by atoms with Gasteiger partial charge in [-0.2, -0.15) is 9.98 Å². The molecule has 0 aliphatic carbocycles. The maximum Gasteiger partial charge on any atom is 0.335 e. The van der Waals surface area contributed by atoms with Crippen LogP contribution in [0, 0.1) is 11.3 Å². The van der Waals surface area contributed by atoms with Crippen molar-refractivity contribution in [3.05, 3.63) is 0 Å². The minimum Gasteiger partial charge on any atom is -0.464 e. The number of nitrogens with one attached hydrogen (secondary N) is 1. The third kappa shape index (κ3) is 5.60. The van der Waals surface area contributed by atoms with Crippen molar-refractivity contribution in [2.45, 2.75) is 19.9 Å². The van der Waals surface area contributed by atoms with E-state index in [2.05, 4.69) is 9.47 Å². The lowest BCUT2D eigenvalue weighted by molar-refractivity contribution is -0.157. The SMILES string of the molecule is CCOC(=O)C(NS(=O)(=O)CC#N)C(=O)OCC. The first-order valence-electron chi connectivity index (χ1n) is 5.08. The monoisotopic (exact) mass is 278 g/mol. The molecule has 0 aromatic heterocycles. The summed E-state index contributed by atoms with van der Waals surface area (Å²) in [6, 6.07) is -0.388. The van der Waals surface area contributed by atoms with Crippen LogP contribution in [0.3, 0.4) is 0 Å². The Balaban J connectivity index is 4.95. The van der Waals surface area contributed by atoms with Crippen molar-refractivity contribution in [3.63, 3.8) is 0 Å². The van der Waals surface area contributed by atoms with Crippen LogP contribution in [0.2, 0.25) is 0 Å². The van der Waals surface area contributed by atoms with Gasteiger partial charge >= 0.3 is 11.9 Å². The molecule has 0 radical (unpaired) electrons. The smallest absolute Gasteiger partial charge is 0.335 e. The molecule has 0 unspecified atom stereocenters. The molecule has 0 spiro atoms. The second-order valence-electron chi connectivity index (χ2n) is 2.97. The van der Waals surface area contributed by atoms with Gasteiger partial charge in [0.2, 0.25) is 16.1 Å². The summed E-state index contributed by atoms with van der Waals surface area (Å²) in [5.41, 5.74) is 0. The summed E-state index contributed by atoms with van der Waals surface area (Å²) in [7, 11) is -4.07. The van der Waals surface area contributed by atoms with Crippen molar-refractivity contribution in [1.82, 2.24) is 4.72 Å². The summed E-state index contributed by atoms with van der Waals surface area (Å²) in [6.07, 6.45) is 0. The fourth-order valence-corrected chi connectivity index (χ4v) is 1.75. The van der Waals surface area contributed by atoms with Gasteiger partial charge in [-0.25, -0.2) is 18.0 Å². The molecule has 8 nitrogen and oxygen atoms in total. The molecule has 0 aromatic rings. The molecule has 0 saturated carbocycles. The molecule has 0 heterocycles. The molecule has 0 saturated heterocycles.